The Morgan fingerprint density at radius 2 is 1.84 bits per heavy atom. The lowest BCUT2D eigenvalue weighted by Crippen LogP contribution is -2.15. The molecule has 1 aliphatic rings. The summed E-state index contributed by atoms with van der Waals surface area (Å²) in [6, 6.07) is 12.6. The van der Waals surface area contributed by atoms with Crippen LogP contribution in [0.4, 0.5) is 0 Å². The molecule has 1 atom stereocenters. The molecule has 96 valence electrons. The van der Waals surface area contributed by atoms with Crippen molar-refractivity contribution in [2.45, 2.75) is 10.3 Å². The standard InChI is InChI=1S/C14H8Cl2O2S/c15-10-6-5-8(7-11(10)16)14-18-13(17)9-3-1-2-4-12(9)19-14/h1-7,14H/t14-/m0/s1. The maximum atomic E-state index is 11.9. The highest BCUT2D eigenvalue weighted by atomic mass is 35.5. The maximum absolute atomic E-state index is 11.9. The fourth-order valence-corrected chi connectivity index (χ4v) is 3.22. The van der Waals surface area contributed by atoms with Gasteiger partial charge >= 0.3 is 5.97 Å². The van der Waals surface area contributed by atoms with Crippen molar-refractivity contribution in [3.63, 3.8) is 0 Å². The molecule has 0 radical (unpaired) electrons. The molecule has 0 saturated carbocycles. The molecular weight excluding hydrogens is 303 g/mol. The average Bonchev–Trinajstić information content (AvgIpc) is 2.42. The molecule has 1 aliphatic heterocycles. The van der Waals surface area contributed by atoms with Crippen molar-refractivity contribution in [1.29, 1.82) is 0 Å². The normalized spacial score (nSPS) is 17.8. The van der Waals surface area contributed by atoms with Gasteiger partial charge in [-0.3, -0.25) is 0 Å². The molecule has 2 aromatic carbocycles. The molecule has 0 aliphatic carbocycles. The van der Waals surface area contributed by atoms with E-state index in [1.54, 1.807) is 18.2 Å². The molecule has 0 aromatic heterocycles. The number of rotatable bonds is 1. The lowest BCUT2D eigenvalue weighted by molar-refractivity contribution is 0.0440. The highest BCUT2D eigenvalue weighted by molar-refractivity contribution is 7.99. The summed E-state index contributed by atoms with van der Waals surface area (Å²) in [6.45, 7) is 0. The van der Waals surface area contributed by atoms with Crippen molar-refractivity contribution in [3.05, 3.63) is 63.6 Å². The largest absolute Gasteiger partial charge is 0.442 e. The predicted octanol–water partition coefficient (Wildman–Crippen LogP) is 4.95. The van der Waals surface area contributed by atoms with Gasteiger partial charge in [-0.1, -0.05) is 53.2 Å². The van der Waals surface area contributed by atoms with Crippen molar-refractivity contribution in [2.24, 2.45) is 0 Å². The molecule has 0 saturated heterocycles. The van der Waals surface area contributed by atoms with Crippen LogP contribution in [0.25, 0.3) is 0 Å². The van der Waals surface area contributed by atoms with Crippen LogP contribution < -0.4 is 0 Å². The number of fused-ring (bicyclic) bond motifs is 1. The molecule has 19 heavy (non-hydrogen) atoms. The Bertz CT molecular complexity index is 658. The number of esters is 1. The Kier molecular flexibility index (Phi) is 3.44. The Hall–Kier alpha value is -1.16. The van der Waals surface area contributed by atoms with Crippen molar-refractivity contribution < 1.29 is 9.53 Å². The molecule has 0 unspecified atom stereocenters. The first kappa shape index (κ1) is 12.9. The summed E-state index contributed by atoms with van der Waals surface area (Å²) in [4.78, 5) is 12.8. The van der Waals surface area contributed by atoms with E-state index in [9.17, 15) is 4.79 Å². The molecule has 0 fully saturated rings. The van der Waals surface area contributed by atoms with E-state index in [0.717, 1.165) is 10.5 Å². The van der Waals surface area contributed by atoms with Crippen molar-refractivity contribution in [1.82, 2.24) is 0 Å². The predicted molar refractivity (Wildman–Crippen MR) is 76.9 cm³/mol. The third-order valence-electron chi connectivity index (χ3n) is 2.77. The summed E-state index contributed by atoms with van der Waals surface area (Å²) >= 11 is 13.4. The minimum atomic E-state index is -0.392. The molecule has 0 bridgehead atoms. The third kappa shape index (κ3) is 2.46. The number of cyclic esters (lactones) is 1. The highest BCUT2D eigenvalue weighted by Gasteiger charge is 2.28. The quantitative estimate of drug-likeness (QED) is 0.697. The molecule has 0 amide bonds. The Balaban J connectivity index is 1.96. The van der Waals surface area contributed by atoms with Crippen LogP contribution in [0.1, 0.15) is 21.4 Å². The van der Waals surface area contributed by atoms with Crippen LogP contribution in [-0.4, -0.2) is 5.97 Å². The summed E-state index contributed by atoms with van der Waals surface area (Å²) in [5.74, 6) is -0.314. The summed E-state index contributed by atoms with van der Waals surface area (Å²) in [5.41, 5.74) is 1.03. The summed E-state index contributed by atoms with van der Waals surface area (Å²) in [7, 11) is 0. The van der Waals surface area contributed by atoms with Gasteiger partial charge in [-0.25, -0.2) is 4.79 Å². The summed E-state index contributed by atoms with van der Waals surface area (Å²) < 4.78 is 5.42. The van der Waals surface area contributed by atoms with Crippen LogP contribution >= 0.6 is 35.0 Å². The van der Waals surface area contributed by atoms with Gasteiger partial charge < -0.3 is 4.74 Å². The van der Waals surface area contributed by atoms with E-state index in [-0.39, 0.29) is 5.97 Å². The number of thioether (sulfide) groups is 1. The van der Waals surface area contributed by atoms with Gasteiger partial charge in [0, 0.05) is 10.5 Å². The van der Waals surface area contributed by atoms with Crippen LogP contribution in [0.3, 0.4) is 0 Å². The van der Waals surface area contributed by atoms with Gasteiger partial charge in [0.1, 0.15) is 0 Å². The number of carbonyl (C=O) groups excluding carboxylic acids is 1. The highest BCUT2D eigenvalue weighted by Crippen LogP contribution is 2.43. The fourth-order valence-electron chi connectivity index (χ4n) is 1.83. The second kappa shape index (κ2) is 5.08. The van der Waals surface area contributed by atoms with Crippen molar-refractivity contribution in [2.75, 3.05) is 0 Å². The minimum Gasteiger partial charge on any atom is -0.442 e. The number of hydrogen-bond donors (Lipinski definition) is 0. The molecule has 3 rings (SSSR count). The first-order valence-corrected chi connectivity index (χ1v) is 7.20. The number of hydrogen-bond acceptors (Lipinski definition) is 3. The van der Waals surface area contributed by atoms with Crippen LogP contribution in [0.2, 0.25) is 10.0 Å². The number of carbonyl (C=O) groups is 1. The molecular formula is C14H8Cl2O2S. The zero-order valence-corrected chi connectivity index (χ0v) is 11.9. The topological polar surface area (TPSA) is 26.3 Å². The Morgan fingerprint density at radius 1 is 1.05 bits per heavy atom. The molecule has 2 aromatic rings. The Morgan fingerprint density at radius 3 is 2.63 bits per heavy atom. The first-order valence-electron chi connectivity index (χ1n) is 5.57. The Labute approximate surface area is 124 Å². The summed E-state index contributed by atoms with van der Waals surface area (Å²) in [6.07, 6.45) is 0. The zero-order chi connectivity index (χ0) is 13.4. The third-order valence-corrected chi connectivity index (χ3v) is 4.70. The molecule has 2 nitrogen and oxygen atoms in total. The van der Waals surface area contributed by atoms with E-state index in [1.165, 1.54) is 11.8 Å². The second-order valence-corrected chi connectivity index (χ2v) is 5.94. The van der Waals surface area contributed by atoms with Gasteiger partial charge in [-0.15, -0.1) is 0 Å². The SMILES string of the molecule is O=C1O[C@H](c2ccc(Cl)c(Cl)c2)Sc2ccccc21. The van der Waals surface area contributed by atoms with Crippen molar-refractivity contribution >= 4 is 40.9 Å². The first-order chi connectivity index (χ1) is 9.15. The van der Waals surface area contributed by atoms with E-state index in [1.807, 2.05) is 24.3 Å². The maximum Gasteiger partial charge on any atom is 0.340 e. The number of benzene rings is 2. The minimum absolute atomic E-state index is 0.314. The zero-order valence-electron chi connectivity index (χ0n) is 9.60. The van der Waals surface area contributed by atoms with E-state index in [4.69, 9.17) is 27.9 Å². The van der Waals surface area contributed by atoms with Gasteiger partial charge in [-0.05, 0) is 24.3 Å². The van der Waals surface area contributed by atoms with Gasteiger partial charge in [0.25, 0.3) is 0 Å². The monoisotopic (exact) mass is 310 g/mol. The summed E-state index contributed by atoms with van der Waals surface area (Å²) in [5, 5.41) is 0.938. The van der Waals surface area contributed by atoms with Gasteiger partial charge in [0.05, 0.1) is 15.6 Å². The molecule has 0 N–H and O–H groups in total. The van der Waals surface area contributed by atoms with E-state index in [2.05, 4.69) is 0 Å². The van der Waals surface area contributed by atoms with Crippen LogP contribution in [0, 0.1) is 0 Å². The number of halogens is 2. The van der Waals surface area contributed by atoms with Gasteiger partial charge in [0.15, 0.2) is 5.44 Å². The average molecular weight is 311 g/mol. The molecule has 0 spiro atoms. The van der Waals surface area contributed by atoms with Crippen molar-refractivity contribution in [3.8, 4) is 0 Å². The second-order valence-electron chi connectivity index (χ2n) is 4.02. The number of ether oxygens (including phenoxy) is 1. The fraction of sp³-hybridized carbons (Fsp3) is 0.0714. The van der Waals surface area contributed by atoms with Crippen LogP contribution in [0.5, 0.6) is 0 Å². The van der Waals surface area contributed by atoms with E-state index in [0.29, 0.717) is 15.6 Å². The molecule has 5 heteroatoms. The van der Waals surface area contributed by atoms with Gasteiger partial charge in [-0.2, -0.15) is 0 Å². The smallest absolute Gasteiger partial charge is 0.340 e. The lowest BCUT2D eigenvalue weighted by Gasteiger charge is -2.24. The van der Waals surface area contributed by atoms with Crippen LogP contribution in [-0.2, 0) is 4.74 Å². The van der Waals surface area contributed by atoms with E-state index < -0.39 is 5.44 Å². The van der Waals surface area contributed by atoms with E-state index >= 15 is 0 Å². The lowest BCUT2D eigenvalue weighted by atomic mass is 10.2. The van der Waals surface area contributed by atoms with Gasteiger partial charge in [0.2, 0.25) is 0 Å². The molecule has 1 heterocycles. The van der Waals surface area contributed by atoms with Crippen LogP contribution in [0.15, 0.2) is 47.4 Å².